The van der Waals surface area contributed by atoms with Crippen molar-refractivity contribution in [3.05, 3.63) is 70.1 Å². The van der Waals surface area contributed by atoms with Crippen molar-refractivity contribution in [2.45, 2.75) is 0 Å². The van der Waals surface area contributed by atoms with Gasteiger partial charge in [-0.2, -0.15) is 0 Å². The van der Waals surface area contributed by atoms with Crippen molar-refractivity contribution in [3.63, 3.8) is 0 Å². The van der Waals surface area contributed by atoms with E-state index in [4.69, 9.17) is 4.42 Å². The zero-order chi connectivity index (χ0) is 13.4. The van der Waals surface area contributed by atoms with E-state index in [2.05, 4.69) is 15.9 Å². The lowest BCUT2D eigenvalue weighted by Gasteiger charge is -1.99. The molecule has 0 N–H and O–H groups in total. The van der Waals surface area contributed by atoms with Gasteiger partial charge in [-0.3, -0.25) is 4.79 Å². The molecule has 0 aliphatic heterocycles. The number of fused-ring (bicyclic) bond motifs is 1. The Bertz CT molecular complexity index is 744. The second-order valence-corrected chi connectivity index (χ2v) is 4.96. The number of carbonyl (C=O) groups is 1. The van der Waals surface area contributed by atoms with Gasteiger partial charge in [0.2, 0.25) is 5.78 Å². The van der Waals surface area contributed by atoms with Gasteiger partial charge in [-0.15, -0.1) is 0 Å². The molecule has 1 heterocycles. The van der Waals surface area contributed by atoms with E-state index in [0.717, 1.165) is 5.39 Å². The van der Waals surface area contributed by atoms with Gasteiger partial charge in [-0.05, 0) is 46.3 Å². The first-order valence-electron chi connectivity index (χ1n) is 5.63. The smallest absolute Gasteiger partial charge is 0.228 e. The Balaban J connectivity index is 2.05. The largest absolute Gasteiger partial charge is 0.453 e. The third-order valence-corrected chi connectivity index (χ3v) is 3.44. The maximum atomic E-state index is 13.2. The molecule has 19 heavy (non-hydrogen) atoms. The van der Waals surface area contributed by atoms with Gasteiger partial charge in [0.25, 0.3) is 0 Å². The highest BCUT2D eigenvalue weighted by Gasteiger charge is 2.15. The molecule has 3 rings (SSSR count). The Labute approximate surface area is 117 Å². The van der Waals surface area contributed by atoms with Gasteiger partial charge in [-0.1, -0.05) is 18.2 Å². The minimum Gasteiger partial charge on any atom is -0.453 e. The van der Waals surface area contributed by atoms with Crippen molar-refractivity contribution >= 4 is 32.7 Å². The van der Waals surface area contributed by atoms with Crippen molar-refractivity contribution in [1.29, 1.82) is 0 Å². The minimum atomic E-state index is -0.402. The van der Waals surface area contributed by atoms with E-state index in [1.165, 1.54) is 18.2 Å². The molecule has 0 atom stereocenters. The van der Waals surface area contributed by atoms with E-state index in [-0.39, 0.29) is 16.0 Å². The minimum absolute atomic E-state index is 0.250. The lowest BCUT2D eigenvalue weighted by molar-refractivity contribution is 0.101. The van der Waals surface area contributed by atoms with Gasteiger partial charge >= 0.3 is 0 Å². The van der Waals surface area contributed by atoms with Gasteiger partial charge in [0.1, 0.15) is 11.4 Å². The summed E-state index contributed by atoms with van der Waals surface area (Å²) in [5.74, 6) is -0.419. The molecule has 0 aliphatic carbocycles. The first kappa shape index (κ1) is 12.1. The van der Waals surface area contributed by atoms with Crippen molar-refractivity contribution in [1.82, 2.24) is 0 Å². The number of furan rings is 1. The van der Waals surface area contributed by atoms with Crippen LogP contribution in [0.2, 0.25) is 0 Å². The van der Waals surface area contributed by atoms with Crippen molar-refractivity contribution in [3.8, 4) is 0 Å². The number of hydrogen-bond acceptors (Lipinski definition) is 2. The fourth-order valence-electron chi connectivity index (χ4n) is 1.87. The van der Waals surface area contributed by atoms with Crippen LogP contribution in [-0.4, -0.2) is 5.78 Å². The van der Waals surface area contributed by atoms with Crippen LogP contribution in [0.25, 0.3) is 11.0 Å². The molecule has 0 saturated carbocycles. The number of benzene rings is 2. The summed E-state index contributed by atoms with van der Waals surface area (Å²) in [7, 11) is 0. The predicted molar refractivity (Wildman–Crippen MR) is 73.7 cm³/mol. The molecule has 4 heteroatoms. The molecular weight excluding hydrogens is 311 g/mol. The number of halogens is 2. The first-order chi connectivity index (χ1) is 9.15. The lowest BCUT2D eigenvalue weighted by Crippen LogP contribution is -1.99. The first-order valence-corrected chi connectivity index (χ1v) is 6.43. The van der Waals surface area contributed by atoms with Gasteiger partial charge in [-0.25, -0.2) is 4.39 Å². The van der Waals surface area contributed by atoms with E-state index in [1.807, 2.05) is 18.2 Å². The quantitative estimate of drug-likeness (QED) is 0.648. The maximum absolute atomic E-state index is 13.2. The molecule has 1 aromatic heterocycles. The predicted octanol–water partition coefficient (Wildman–Crippen LogP) is 4.57. The van der Waals surface area contributed by atoms with E-state index < -0.39 is 5.82 Å². The molecule has 2 nitrogen and oxygen atoms in total. The second-order valence-electron chi connectivity index (χ2n) is 4.11. The number of carbonyl (C=O) groups excluding carboxylic acids is 1. The number of hydrogen-bond donors (Lipinski definition) is 0. The van der Waals surface area contributed by atoms with Gasteiger partial charge in [0, 0.05) is 10.9 Å². The fraction of sp³-hybridized carbons (Fsp3) is 0. The van der Waals surface area contributed by atoms with Crippen LogP contribution in [0.4, 0.5) is 4.39 Å². The molecule has 0 bridgehead atoms. The average Bonchev–Trinajstić information content (AvgIpc) is 2.85. The van der Waals surface area contributed by atoms with Crippen LogP contribution in [0, 0.1) is 5.82 Å². The van der Waals surface area contributed by atoms with Crippen molar-refractivity contribution in [2.24, 2.45) is 0 Å². The summed E-state index contributed by atoms with van der Waals surface area (Å²) in [6.07, 6.45) is 0. The Hall–Kier alpha value is -1.94. The average molecular weight is 319 g/mol. The molecule has 0 radical (unpaired) electrons. The van der Waals surface area contributed by atoms with Gasteiger partial charge < -0.3 is 4.42 Å². The number of para-hydroxylation sites is 1. The zero-order valence-electron chi connectivity index (χ0n) is 9.69. The topological polar surface area (TPSA) is 30.2 Å². The summed E-state index contributed by atoms with van der Waals surface area (Å²) in [5, 5.41) is 0.868. The van der Waals surface area contributed by atoms with E-state index in [9.17, 15) is 9.18 Å². The maximum Gasteiger partial charge on any atom is 0.228 e. The lowest BCUT2D eigenvalue weighted by atomic mass is 10.1. The molecule has 0 unspecified atom stereocenters. The molecule has 0 fully saturated rings. The Morgan fingerprint density at radius 3 is 2.63 bits per heavy atom. The van der Waals surface area contributed by atoms with Crippen molar-refractivity contribution < 1.29 is 13.6 Å². The van der Waals surface area contributed by atoms with Gasteiger partial charge in [0.05, 0.1) is 4.47 Å². The van der Waals surface area contributed by atoms with E-state index in [0.29, 0.717) is 11.1 Å². The third kappa shape index (κ3) is 2.19. The molecule has 0 saturated heterocycles. The normalized spacial score (nSPS) is 10.8. The molecule has 0 amide bonds. The molecular formula is C15H8BrFO2. The summed E-state index contributed by atoms with van der Waals surface area (Å²) in [6, 6.07) is 13.2. The molecule has 94 valence electrons. The molecule has 3 aromatic rings. The Morgan fingerprint density at radius 2 is 1.89 bits per heavy atom. The monoisotopic (exact) mass is 318 g/mol. The van der Waals surface area contributed by atoms with Crippen LogP contribution in [0.3, 0.4) is 0 Å². The summed E-state index contributed by atoms with van der Waals surface area (Å²) < 4.78 is 18.9. The Morgan fingerprint density at radius 1 is 1.11 bits per heavy atom. The van der Waals surface area contributed by atoms with E-state index in [1.54, 1.807) is 12.1 Å². The van der Waals surface area contributed by atoms with E-state index >= 15 is 0 Å². The number of ketones is 1. The second kappa shape index (κ2) is 4.63. The highest BCUT2D eigenvalue weighted by atomic mass is 79.9. The molecule has 0 aliphatic rings. The van der Waals surface area contributed by atoms with Crippen molar-refractivity contribution in [2.75, 3.05) is 0 Å². The highest BCUT2D eigenvalue weighted by molar-refractivity contribution is 9.10. The zero-order valence-corrected chi connectivity index (χ0v) is 11.3. The summed E-state index contributed by atoms with van der Waals surface area (Å²) in [5.41, 5.74) is 1.04. The van der Waals surface area contributed by atoms with Gasteiger partial charge in [0.15, 0.2) is 5.76 Å². The van der Waals surface area contributed by atoms with Crippen LogP contribution in [0.1, 0.15) is 16.1 Å². The molecule has 0 spiro atoms. The SMILES string of the molecule is O=C(c1ccc(F)c(Br)c1)c1cc2ccccc2o1. The summed E-state index contributed by atoms with van der Waals surface area (Å²) >= 11 is 3.06. The molecule has 2 aromatic carbocycles. The fourth-order valence-corrected chi connectivity index (χ4v) is 2.25. The van der Waals surface area contributed by atoms with Crippen LogP contribution in [-0.2, 0) is 0 Å². The van der Waals surface area contributed by atoms with Crippen LogP contribution in [0.5, 0.6) is 0 Å². The summed E-state index contributed by atoms with van der Waals surface area (Å²) in [6.45, 7) is 0. The number of rotatable bonds is 2. The van der Waals surface area contributed by atoms with Crippen LogP contribution < -0.4 is 0 Å². The van der Waals surface area contributed by atoms with Crippen LogP contribution >= 0.6 is 15.9 Å². The highest BCUT2D eigenvalue weighted by Crippen LogP contribution is 2.23. The Kier molecular flexibility index (Phi) is 2.95. The van der Waals surface area contributed by atoms with Crippen LogP contribution in [0.15, 0.2) is 57.4 Å². The standard InChI is InChI=1S/C15H8BrFO2/c16-11-7-10(5-6-12(11)17)15(18)14-8-9-3-1-2-4-13(9)19-14/h1-8H. The third-order valence-electron chi connectivity index (χ3n) is 2.83. The summed E-state index contributed by atoms with van der Waals surface area (Å²) in [4.78, 5) is 12.2.